The molecule has 5 atom stereocenters. The predicted molar refractivity (Wildman–Crippen MR) is 78.5 cm³/mol. The van der Waals surface area contributed by atoms with Crippen LogP contribution in [0.3, 0.4) is 0 Å². The summed E-state index contributed by atoms with van der Waals surface area (Å²) in [5, 5.41) is 33.2. The van der Waals surface area contributed by atoms with Crippen LogP contribution < -0.4 is 5.32 Å². The largest absolute Gasteiger partial charge is 0.387 e. The zero-order valence-corrected chi connectivity index (χ0v) is 12.3. The summed E-state index contributed by atoms with van der Waals surface area (Å²) in [4.78, 5) is 8.15. The van der Waals surface area contributed by atoms with Crippen molar-refractivity contribution in [3.63, 3.8) is 0 Å². The van der Waals surface area contributed by atoms with Crippen LogP contribution in [0.5, 0.6) is 0 Å². The summed E-state index contributed by atoms with van der Waals surface area (Å²) in [6, 6.07) is 0. The number of aliphatic imine (C=N–C) groups is 1. The topological polar surface area (TPSA) is 112 Å². The summed E-state index contributed by atoms with van der Waals surface area (Å²) in [5.41, 5.74) is 0.450. The first kappa shape index (κ1) is 14.8. The number of aromatic nitrogens is 2. The van der Waals surface area contributed by atoms with Crippen molar-refractivity contribution >= 4 is 23.9 Å². The molecule has 1 saturated heterocycles. The van der Waals surface area contributed by atoms with E-state index in [-0.39, 0.29) is 6.54 Å². The summed E-state index contributed by atoms with van der Waals surface area (Å²) < 4.78 is 7.34. The van der Waals surface area contributed by atoms with Gasteiger partial charge in [0, 0.05) is 5.75 Å². The van der Waals surface area contributed by atoms with E-state index in [0.717, 1.165) is 0 Å². The lowest BCUT2D eigenvalue weighted by molar-refractivity contribution is -0.0298. The molecule has 4 N–H and O–H groups in total. The Kier molecular flexibility index (Phi) is 4.18. The molecule has 21 heavy (non-hydrogen) atoms. The van der Waals surface area contributed by atoms with Crippen molar-refractivity contribution in [2.24, 2.45) is 4.99 Å². The zero-order valence-electron chi connectivity index (χ0n) is 11.5. The van der Waals surface area contributed by atoms with Gasteiger partial charge < -0.3 is 25.4 Å². The molecule has 3 heterocycles. The molecule has 0 radical (unpaired) electrons. The Morgan fingerprint density at radius 2 is 2.24 bits per heavy atom. The van der Waals surface area contributed by atoms with Gasteiger partial charge in [-0.25, -0.2) is 4.98 Å². The van der Waals surface area contributed by atoms with Crippen molar-refractivity contribution in [3.8, 4) is 0 Å². The summed E-state index contributed by atoms with van der Waals surface area (Å²) in [5.74, 6) is 1.10. The van der Waals surface area contributed by atoms with E-state index in [4.69, 9.17) is 4.74 Å². The standard InChI is InChI=1S/C12H18N4O4S/c1-21-3-7-9(18)10(19)12(20-7)16-5-15-8-6(17)2-13-4-14-11(8)16/h4-7,9-10,12,17-19H,2-3H2,1H3,(H,13,14)/t6-,7?,9?,10?,12?/m1/s1. The maximum absolute atomic E-state index is 10.2. The van der Waals surface area contributed by atoms with Crippen LogP contribution in [0.1, 0.15) is 18.0 Å². The minimum absolute atomic E-state index is 0.225. The van der Waals surface area contributed by atoms with Gasteiger partial charge in [-0.05, 0) is 6.26 Å². The van der Waals surface area contributed by atoms with Gasteiger partial charge in [0.05, 0.1) is 25.3 Å². The Morgan fingerprint density at radius 1 is 1.43 bits per heavy atom. The minimum Gasteiger partial charge on any atom is -0.387 e. The highest BCUT2D eigenvalue weighted by Gasteiger charge is 2.44. The van der Waals surface area contributed by atoms with Crippen LogP contribution in [0, 0.1) is 0 Å². The van der Waals surface area contributed by atoms with Crippen molar-refractivity contribution in [2.75, 3.05) is 23.9 Å². The molecule has 0 amide bonds. The number of anilines is 1. The van der Waals surface area contributed by atoms with Crippen LogP contribution >= 0.6 is 11.8 Å². The monoisotopic (exact) mass is 314 g/mol. The smallest absolute Gasteiger partial charge is 0.165 e. The van der Waals surface area contributed by atoms with Crippen molar-refractivity contribution in [2.45, 2.75) is 30.6 Å². The highest BCUT2D eigenvalue weighted by atomic mass is 32.2. The van der Waals surface area contributed by atoms with Gasteiger partial charge in [0.1, 0.15) is 29.8 Å². The number of aliphatic hydroxyl groups is 3. The number of thioether (sulfide) groups is 1. The van der Waals surface area contributed by atoms with Gasteiger partial charge in [0.15, 0.2) is 6.23 Å². The van der Waals surface area contributed by atoms with E-state index in [1.807, 2.05) is 6.26 Å². The third-order valence-electron chi connectivity index (χ3n) is 3.65. The summed E-state index contributed by atoms with van der Waals surface area (Å²) >= 11 is 1.54. The highest BCUT2D eigenvalue weighted by Crippen LogP contribution is 2.35. The lowest BCUT2D eigenvalue weighted by Gasteiger charge is -2.19. The number of hydrogen-bond acceptors (Lipinski definition) is 8. The van der Waals surface area contributed by atoms with Gasteiger partial charge in [-0.2, -0.15) is 11.8 Å². The molecule has 0 saturated carbocycles. The molecule has 0 aliphatic carbocycles. The fourth-order valence-corrected chi connectivity index (χ4v) is 3.17. The molecule has 2 aliphatic heterocycles. The number of nitrogens with one attached hydrogen (secondary N) is 1. The van der Waals surface area contributed by atoms with Gasteiger partial charge in [-0.3, -0.25) is 9.56 Å². The number of nitrogens with zero attached hydrogens (tertiary/aromatic N) is 3. The van der Waals surface area contributed by atoms with E-state index < -0.39 is 30.6 Å². The molecule has 8 nitrogen and oxygen atoms in total. The first-order valence-corrected chi connectivity index (χ1v) is 8.03. The van der Waals surface area contributed by atoms with Gasteiger partial charge in [-0.15, -0.1) is 0 Å². The van der Waals surface area contributed by atoms with Crippen molar-refractivity contribution in [1.29, 1.82) is 0 Å². The number of fused-ring (bicyclic) bond motifs is 1. The van der Waals surface area contributed by atoms with Gasteiger partial charge in [0.2, 0.25) is 0 Å². The van der Waals surface area contributed by atoms with Crippen LogP contribution in [0.2, 0.25) is 0 Å². The number of aliphatic hydroxyl groups excluding tert-OH is 3. The zero-order chi connectivity index (χ0) is 15.0. The summed E-state index contributed by atoms with van der Waals surface area (Å²) in [6.07, 6.45) is 0.865. The van der Waals surface area contributed by atoms with Crippen LogP contribution in [-0.2, 0) is 4.74 Å². The molecule has 2 aliphatic rings. The average Bonchev–Trinajstić information content (AvgIpc) is 2.94. The third-order valence-corrected chi connectivity index (χ3v) is 4.31. The van der Waals surface area contributed by atoms with Crippen LogP contribution in [0.15, 0.2) is 11.3 Å². The maximum atomic E-state index is 10.2. The van der Waals surface area contributed by atoms with E-state index in [2.05, 4.69) is 15.3 Å². The maximum Gasteiger partial charge on any atom is 0.165 e. The molecule has 0 spiro atoms. The molecule has 0 aromatic carbocycles. The normalized spacial score (nSPS) is 35.3. The van der Waals surface area contributed by atoms with Gasteiger partial charge >= 0.3 is 0 Å². The minimum atomic E-state index is -1.06. The first-order valence-electron chi connectivity index (χ1n) is 6.63. The second kappa shape index (κ2) is 5.93. The Bertz CT molecular complexity index is 537. The molecular formula is C12H18N4O4S. The molecule has 0 bridgehead atoms. The molecule has 9 heteroatoms. The van der Waals surface area contributed by atoms with E-state index in [0.29, 0.717) is 17.3 Å². The van der Waals surface area contributed by atoms with Crippen molar-refractivity contribution in [1.82, 2.24) is 9.55 Å². The second-order valence-corrected chi connectivity index (χ2v) is 5.95. The van der Waals surface area contributed by atoms with E-state index >= 15 is 0 Å². The van der Waals surface area contributed by atoms with Crippen molar-refractivity contribution in [3.05, 3.63) is 12.0 Å². The van der Waals surface area contributed by atoms with Crippen LogP contribution in [0.25, 0.3) is 0 Å². The quantitative estimate of drug-likeness (QED) is 0.586. The number of ether oxygens (including phenoxy) is 1. The van der Waals surface area contributed by atoms with E-state index in [1.165, 1.54) is 24.4 Å². The summed E-state index contributed by atoms with van der Waals surface area (Å²) in [7, 11) is 0. The molecule has 4 unspecified atom stereocenters. The Hall–Kier alpha value is -1.13. The average molecular weight is 314 g/mol. The fraction of sp³-hybridized carbons (Fsp3) is 0.667. The van der Waals surface area contributed by atoms with Crippen LogP contribution in [0.4, 0.5) is 5.82 Å². The highest BCUT2D eigenvalue weighted by molar-refractivity contribution is 7.98. The molecule has 1 fully saturated rings. The Morgan fingerprint density at radius 3 is 3.00 bits per heavy atom. The molecule has 3 rings (SSSR count). The molecule has 1 aromatic rings. The lowest BCUT2D eigenvalue weighted by Crippen LogP contribution is -2.32. The molecule has 116 valence electrons. The number of imidazole rings is 1. The van der Waals surface area contributed by atoms with Crippen LogP contribution in [-0.4, -0.2) is 68.1 Å². The number of rotatable bonds is 3. The Labute approximate surface area is 125 Å². The van der Waals surface area contributed by atoms with E-state index in [1.54, 1.807) is 4.57 Å². The fourth-order valence-electron chi connectivity index (χ4n) is 2.57. The third kappa shape index (κ3) is 2.55. The van der Waals surface area contributed by atoms with Gasteiger partial charge in [0.25, 0.3) is 0 Å². The molecular weight excluding hydrogens is 296 g/mol. The predicted octanol–water partition coefficient (Wildman–Crippen LogP) is -0.648. The Balaban J connectivity index is 1.90. The number of hydrogen-bond donors (Lipinski definition) is 4. The lowest BCUT2D eigenvalue weighted by atomic mass is 10.1. The molecule has 1 aromatic heterocycles. The van der Waals surface area contributed by atoms with Crippen molar-refractivity contribution < 1.29 is 20.1 Å². The van der Waals surface area contributed by atoms with E-state index in [9.17, 15) is 15.3 Å². The SMILES string of the molecule is CSCC1OC(n2cnc3c2NC=NC[C@H]3O)C(O)C1O. The van der Waals surface area contributed by atoms with Gasteiger partial charge in [-0.1, -0.05) is 0 Å². The summed E-state index contributed by atoms with van der Waals surface area (Å²) in [6.45, 7) is 0.225. The first-order chi connectivity index (χ1) is 10.1. The second-order valence-electron chi connectivity index (χ2n) is 5.04.